The van der Waals surface area contributed by atoms with E-state index in [1.54, 1.807) is 36.5 Å². The van der Waals surface area contributed by atoms with Gasteiger partial charge >= 0.3 is 0 Å². The van der Waals surface area contributed by atoms with E-state index in [1.807, 2.05) is 0 Å². The van der Waals surface area contributed by atoms with Crippen molar-refractivity contribution in [1.29, 1.82) is 0 Å². The highest BCUT2D eigenvalue weighted by molar-refractivity contribution is 8.17. The van der Waals surface area contributed by atoms with Gasteiger partial charge in [-0.25, -0.2) is 48.4 Å². The van der Waals surface area contributed by atoms with Crippen LogP contribution in [0.2, 0.25) is 0 Å². The van der Waals surface area contributed by atoms with Gasteiger partial charge in [-0.3, -0.25) is 0 Å². The van der Waals surface area contributed by atoms with Crippen molar-refractivity contribution in [2.75, 3.05) is 0 Å². The van der Waals surface area contributed by atoms with E-state index in [9.17, 15) is 8.42 Å². The molecule has 0 amide bonds. The zero-order chi connectivity index (χ0) is 19.3. The second-order valence-electron chi connectivity index (χ2n) is 5.67. The van der Waals surface area contributed by atoms with Crippen LogP contribution < -0.4 is 0 Å². The Hall–Kier alpha value is -3.44. The third kappa shape index (κ3) is 3.17. The van der Waals surface area contributed by atoms with Crippen LogP contribution in [0, 0.1) is 0 Å². The van der Waals surface area contributed by atoms with E-state index >= 15 is 0 Å². The summed E-state index contributed by atoms with van der Waals surface area (Å²) in [5.41, 5.74) is 0. The minimum atomic E-state index is -4.09. The molecular weight excluding hydrogens is 404 g/mol. The van der Waals surface area contributed by atoms with Crippen LogP contribution in [0.3, 0.4) is 0 Å². The highest BCUT2D eigenvalue weighted by atomic mass is 35.7. The molecule has 28 heavy (non-hydrogen) atoms. The molecular formula is C16H7ClN8O2S. The Morgan fingerprint density at radius 1 is 0.536 bits per heavy atom. The van der Waals surface area contributed by atoms with Crippen LogP contribution in [-0.4, -0.2) is 55.1 Å². The quantitative estimate of drug-likeness (QED) is 0.603. The van der Waals surface area contributed by atoms with Gasteiger partial charge in [-0.05, 0) is 36.5 Å². The molecule has 0 aromatic carbocycles. The van der Waals surface area contributed by atoms with Gasteiger partial charge in [0.15, 0.2) is 46.7 Å². The minimum Gasteiger partial charge on any atom is -0.209 e. The van der Waals surface area contributed by atoms with Crippen molar-refractivity contribution in [3.8, 4) is 0 Å². The SMILES string of the molecule is O=S(=O)(Cl)C1=CC2=NC3=NC(=NC4=NC(=NC5=NC(=NC1=N2)C=C5)C=C4)C=C3. The predicted molar refractivity (Wildman–Crippen MR) is 110 cm³/mol. The van der Waals surface area contributed by atoms with Gasteiger partial charge in [0.25, 0.3) is 9.05 Å². The molecule has 5 aliphatic rings. The van der Waals surface area contributed by atoms with Crippen molar-refractivity contribution in [1.82, 2.24) is 0 Å². The zero-order valence-corrected chi connectivity index (χ0v) is 15.3. The van der Waals surface area contributed by atoms with Crippen LogP contribution in [-0.2, 0) is 9.05 Å². The lowest BCUT2D eigenvalue weighted by atomic mass is 10.4. The summed E-state index contributed by atoms with van der Waals surface area (Å²) < 4.78 is 23.8. The standard InChI is InChI=1S/C16H7ClN8O2S/c17-28(26,27)8-7-15-23-13-4-3-11(21-13)19-9-1-2-10(18-9)20-12-5-6-14(22-12)24-16(8)25-15/h1-7H. The Bertz CT molecular complexity index is 1310. The summed E-state index contributed by atoms with van der Waals surface area (Å²) in [5.74, 6) is 2.12. The van der Waals surface area contributed by atoms with Gasteiger partial charge in [0.1, 0.15) is 4.91 Å². The van der Waals surface area contributed by atoms with Crippen molar-refractivity contribution < 1.29 is 8.42 Å². The fourth-order valence-electron chi connectivity index (χ4n) is 2.55. The maximum Gasteiger partial charge on any atom is 0.265 e. The molecule has 136 valence electrons. The molecule has 5 aliphatic heterocycles. The molecule has 0 aromatic heterocycles. The van der Waals surface area contributed by atoms with Crippen LogP contribution >= 0.6 is 10.7 Å². The summed E-state index contributed by atoms with van der Waals surface area (Å²) in [6.45, 7) is 0. The summed E-state index contributed by atoms with van der Waals surface area (Å²) in [5, 5.41) is 0. The number of halogens is 1. The van der Waals surface area contributed by atoms with E-state index in [1.165, 1.54) is 6.08 Å². The number of amidine groups is 8. The van der Waals surface area contributed by atoms with Gasteiger partial charge in [0, 0.05) is 16.8 Å². The van der Waals surface area contributed by atoms with Gasteiger partial charge in [-0.15, -0.1) is 0 Å². The van der Waals surface area contributed by atoms with Crippen molar-refractivity contribution in [2.45, 2.75) is 0 Å². The van der Waals surface area contributed by atoms with Gasteiger partial charge in [0.2, 0.25) is 0 Å². The molecule has 0 aliphatic carbocycles. The van der Waals surface area contributed by atoms with E-state index in [-0.39, 0.29) is 22.4 Å². The van der Waals surface area contributed by atoms with E-state index in [4.69, 9.17) is 10.7 Å². The fourth-order valence-corrected chi connectivity index (χ4v) is 3.45. The zero-order valence-electron chi connectivity index (χ0n) is 13.7. The lowest BCUT2D eigenvalue weighted by molar-refractivity contribution is 0.616. The first kappa shape index (κ1) is 16.7. The predicted octanol–water partition coefficient (Wildman–Crippen LogP) is 1.36. The van der Waals surface area contributed by atoms with Crippen LogP contribution in [0.4, 0.5) is 0 Å². The first-order chi connectivity index (χ1) is 13.4. The minimum absolute atomic E-state index is 0.0971. The number of aliphatic imine (C=N–C) groups is 8. The van der Waals surface area contributed by atoms with E-state index in [0.717, 1.165) is 0 Å². The molecule has 0 aromatic rings. The number of hydrogen-bond acceptors (Lipinski definition) is 10. The largest absolute Gasteiger partial charge is 0.265 e. The second-order valence-corrected chi connectivity index (χ2v) is 8.21. The van der Waals surface area contributed by atoms with Crippen molar-refractivity contribution in [3.05, 3.63) is 47.4 Å². The van der Waals surface area contributed by atoms with Crippen molar-refractivity contribution >= 4 is 66.4 Å². The Morgan fingerprint density at radius 3 is 1.29 bits per heavy atom. The summed E-state index contributed by atoms with van der Waals surface area (Å²) in [7, 11) is 1.42. The smallest absolute Gasteiger partial charge is 0.209 e. The second kappa shape index (κ2) is 6.04. The van der Waals surface area contributed by atoms with Gasteiger partial charge < -0.3 is 0 Å². The monoisotopic (exact) mass is 410 g/mol. The van der Waals surface area contributed by atoms with E-state index in [2.05, 4.69) is 39.9 Å². The lowest BCUT2D eigenvalue weighted by Gasteiger charge is -1.97. The first-order valence-corrected chi connectivity index (χ1v) is 10.1. The van der Waals surface area contributed by atoms with Crippen LogP contribution in [0.1, 0.15) is 0 Å². The normalized spacial score (nSPS) is 22.1. The molecule has 0 atom stereocenters. The molecule has 0 N–H and O–H groups in total. The van der Waals surface area contributed by atoms with Gasteiger partial charge in [-0.1, -0.05) is 0 Å². The van der Waals surface area contributed by atoms with E-state index < -0.39 is 9.05 Å². The Labute approximate surface area is 162 Å². The molecule has 5 heterocycles. The van der Waals surface area contributed by atoms with Crippen LogP contribution in [0.5, 0.6) is 0 Å². The number of fused-ring (bicyclic) bond motifs is 4. The Morgan fingerprint density at radius 2 is 0.893 bits per heavy atom. The van der Waals surface area contributed by atoms with E-state index in [0.29, 0.717) is 29.2 Å². The fraction of sp³-hybridized carbons (Fsp3) is 0. The number of hydrogen-bond donors (Lipinski definition) is 0. The summed E-state index contributed by atoms with van der Waals surface area (Å²) in [6.07, 6.45) is 11.1. The summed E-state index contributed by atoms with van der Waals surface area (Å²) in [6, 6.07) is 0. The maximum atomic E-state index is 11.9. The highest BCUT2D eigenvalue weighted by Gasteiger charge is 2.27. The molecule has 0 spiro atoms. The summed E-state index contributed by atoms with van der Waals surface area (Å²) in [4.78, 5) is 33.6. The molecule has 12 heteroatoms. The highest BCUT2D eigenvalue weighted by Crippen LogP contribution is 2.22. The topological polar surface area (TPSA) is 133 Å². The van der Waals surface area contributed by atoms with Crippen LogP contribution in [0.25, 0.3) is 0 Å². The van der Waals surface area contributed by atoms with Gasteiger partial charge in [-0.2, -0.15) is 0 Å². The molecule has 0 unspecified atom stereocenters. The Balaban J connectivity index is 1.69. The average Bonchev–Trinajstić information content (AvgIpc) is 3.38. The molecule has 8 bridgehead atoms. The van der Waals surface area contributed by atoms with Gasteiger partial charge in [0.05, 0.1) is 0 Å². The van der Waals surface area contributed by atoms with Crippen molar-refractivity contribution in [3.63, 3.8) is 0 Å². The molecule has 0 fully saturated rings. The molecule has 0 radical (unpaired) electrons. The molecule has 0 saturated carbocycles. The molecule has 10 nitrogen and oxygen atoms in total. The summed E-state index contributed by atoms with van der Waals surface area (Å²) >= 11 is 0. The third-order valence-electron chi connectivity index (χ3n) is 3.70. The van der Waals surface area contributed by atoms with Crippen molar-refractivity contribution in [2.24, 2.45) is 39.9 Å². The lowest BCUT2D eigenvalue weighted by Crippen LogP contribution is -2.05. The third-order valence-corrected chi connectivity index (χ3v) is 5.03. The first-order valence-electron chi connectivity index (χ1n) is 7.83. The number of rotatable bonds is 1. The molecule has 5 rings (SSSR count). The maximum absolute atomic E-state index is 11.9. The van der Waals surface area contributed by atoms with Crippen LogP contribution in [0.15, 0.2) is 87.4 Å². The number of nitrogens with zero attached hydrogens (tertiary/aromatic N) is 8. The molecule has 0 saturated heterocycles. The Kier molecular flexibility index (Phi) is 3.60. The average molecular weight is 411 g/mol.